The molecule has 0 amide bonds. The van der Waals surface area contributed by atoms with Crippen LogP contribution in [0, 0.1) is 13.8 Å². The van der Waals surface area contributed by atoms with Gasteiger partial charge >= 0.3 is 0 Å². The molecule has 1 aliphatic heterocycles. The number of para-hydroxylation sites is 1. The summed E-state index contributed by atoms with van der Waals surface area (Å²) >= 11 is 0. The van der Waals surface area contributed by atoms with Crippen molar-refractivity contribution in [1.82, 2.24) is 14.8 Å². The molecule has 0 bridgehead atoms. The fourth-order valence-corrected chi connectivity index (χ4v) is 3.39. The first-order valence-corrected chi connectivity index (χ1v) is 9.70. The number of aromatic nitrogens is 3. The summed E-state index contributed by atoms with van der Waals surface area (Å²) in [6, 6.07) is 16.1. The largest absolute Gasteiger partial charge is 0.300 e. The maximum atomic E-state index is 11.9. The number of benzene rings is 2. The molecule has 1 aliphatic rings. The van der Waals surface area contributed by atoms with Gasteiger partial charge < -0.3 is 0 Å². The summed E-state index contributed by atoms with van der Waals surface area (Å²) in [6.07, 6.45) is 0.307. The van der Waals surface area contributed by atoms with E-state index in [1.54, 1.807) is 6.92 Å². The topological polar surface area (TPSA) is 60.1 Å². The summed E-state index contributed by atoms with van der Waals surface area (Å²) in [5, 5.41) is 8.58. The van der Waals surface area contributed by atoms with Crippen LogP contribution in [0.2, 0.25) is 0 Å². The first kappa shape index (κ1) is 19.7. The van der Waals surface area contributed by atoms with Gasteiger partial charge in [0.05, 0.1) is 11.4 Å². The Morgan fingerprint density at radius 2 is 1.68 bits per heavy atom. The van der Waals surface area contributed by atoms with Gasteiger partial charge in [0.25, 0.3) is 0 Å². The van der Waals surface area contributed by atoms with Crippen molar-refractivity contribution in [2.45, 2.75) is 47.1 Å². The predicted molar refractivity (Wildman–Crippen MR) is 112 cm³/mol. The number of fused-ring (bicyclic) bond motifs is 3. The van der Waals surface area contributed by atoms with Crippen molar-refractivity contribution < 1.29 is 4.79 Å². The number of ketones is 1. The molecule has 5 heteroatoms. The van der Waals surface area contributed by atoms with Crippen molar-refractivity contribution >= 4 is 11.5 Å². The number of hydrogen-bond donors (Lipinski definition) is 0. The molecule has 0 saturated carbocycles. The van der Waals surface area contributed by atoms with Gasteiger partial charge in [0.15, 0.2) is 5.82 Å². The smallest absolute Gasteiger partial charge is 0.162 e. The van der Waals surface area contributed by atoms with E-state index >= 15 is 0 Å². The molecule has 0 N–H and O–H groups in total. The van der Waals surface area contributed by atoms with E-state index < -0.39 is 0 Å². The van der Waals surface area contributed by atoms with Gasteiger partial charge in [-0.1, -0.05) is 61.9 Å². The van der Waals surface area contributed by atoms with E-state index in [2.05, 4.69) is 53.5 Å². The lowest BCUT2D eigenvalue weighted by Gasteiger charge is -2.12. The number of aliphatic imine (C=N–C) groups is 1. The average Bonchev–Trinajstić information content (AvgIpc) is 3.02. The fourth-order valence-electron chi connectivity index (χ4n) is 3.39. The van der Waals surface area contributed by atoms with Crippen LogP contribution >= 0.6 is 0 Å². The monoisotopic (exact) mass is 374 g/mol. The van der Waals surface area contributed by atoms with E-state index in [0.29, 0.717) is 12.2 Å². The van der Waals surface area contributed by atoms with Crippen molar-refractivity contribution in [2.75, 3.05) is 0 Å². The Morgan fingerprint density at radius 3 is 2.36 bits per heavy atom. The van der Waals surface area contributed by atoms with Crippen LogP contribution in [-0.2, 0) is 4.79 Å². The summed E-state index contributed by atoms with van der Waals surface area (Å²) in [4.78, 5) is 16.9. The SMILES string of the molecule is CC.CC(=O)C[C@@H]1N=C(c2ccc(C)cc2)c2ccccc2-n2c(C)nnc21. The fraction of sp³-hybridized carbons (Fsp3) is 0.304. The van der Waals surface area contributed by atoms with E-state index in [-0.39, 0.29) is 11.8 Å². The minimum absolute atomic E-state index is 0.0835. The third kappa shape index (κ3) is 3.65. The molecule has 0 unspecified atom stereocenters. The second-order valence-corrected chi connectivity index (χ2v) is 6.72. The Kier molecular flexibility index (Phi) is 5.83. The highest BCUT2D eigenvalue weighted by molar-refractivity contribution is 6.15. The summed E-state index contributed by atoms with van der Waals surface area (Å²) in [7, 11) is 0. The molecule has 0 fully saturated rings. The van der Waals surface area contributed by atoms with Crippen LogP contribution in [0.1, 0.15) is 61.6 Å². The minimum atomic E-state index is -0.350. The Hall–Kier alpha value is -3.08. The van der Waals surface area contributed by atoms with E-state index in [9.17, 15) is 4.79 Å². The number of nitrogens with zero attached hydrogens (tertiary/aromatic N) is 4. The van der Waals surface area contributed by atoms with Gasteiger partial charge in [0, 0.05) is 17.5 Å². The predicted octanol–water partition coefficient (Wildman–Crippen LogP) is 4.78. The highest BCUT2D eigenvalue weighted by Gasteiger charge is 2.28. The van der Waals surface area contributed by atoms with Crippen LogP contribution in [0.25, 0.3) is 5.69 Å². The van der Waals surface area contributed by atoms with Crippen LogP contribution in [0.3, 0.4) is 0 Å². The van der Waals surface area contributed by atoms with Gasteiger partial charge in [-0.15, -0.1) is 10.2 Å². The lowest BCUT2D eigenvalue weighted by molar-refractivity contribution is -0.117. The molecule has 0 aliphatic carbocycles. The van der Waals surface area contributed by atoms with Crippen molar-refractivity contribution in [3.05, 3.63) is 76.9 Å². The molecular formula is C23H26N4O. The minimum Gasteiger partial charge on any atom is -0.300 e. The molecule has 5 nitrogen and oxygen atoms in total. The third-order valence-electron chi connectivity index (χ3n) is 4.64. The maximum Gasteiger partial charge on any atom is 0.162 e. The van der Waals surface area contributed by atoms with Crippen LogP contribution in [0.15, 0.2) is 53.5 Å². The maximum absolute atomic E-state index is 11.9. The van der Waals surface area contributed by atoms with Gasteiger partial charge in [-0.25, -0.2) is 0 Å². The van der Waals surface area contributed by atoms with Gasteiger partial charge in [-0.3, -0.25) is 14.4 Å². The number of Topliss-reactive ketones (excluding diaryl/α,β-unsaturated/α-hetero) is 1. The molecule has 0 spiro atoms. The summed E-state index contributed by atoms with van der Waals surface area (Å²) in [5.41, 5.74) is 5.14. The van der Waals surface area contributed by atoms with Crippen molar-refractivity contribution in [2.24, 2.45) is 4.99 Å². The highest BCUT2D eigenvalue weighted by Crippen LogP contribution is 2.32. The lowest BCUT2D eigenvalue weighted by atomic mass is 9.99. The third-order valence-corrected chi connectivity index (χ3v) is 4.64. The van der Waals surface area contributed by atoms with Gasteiger partial charge in [0.1, 0.15) is 17.6 Å². The molecule has 2 heterocycles. The number of rotatable bonds is 3. The molecule has 2 aromatic carbocycles. The molecule has 0 saturated heterocycles. The molecule has 0 radical (unpaired) electrons. The van der Waals surface area contributed by atoms with E-state index in [1.165, 1.54) is 5.56 Å². The Balaban J connectivity index is 0.00000109. The lowest BCUT2D eigenvalue weighted by Crippen LogP contribution is -2.09. The van der Waals surface area contributed by atoms with Crippen molar-refractivity contribution in [3.8, 4) is 5.69 Å². The van der Waals surface area contributed by atoms with E-state index in [1.807, 2.05) is 37.5 Å². The molecule has 144 valence electrons. The Labute approximate surface area is 166 Å². The standard InChI is InChI=1S/C21H20N4O.C2H6/c1-13-8-10-16(11-9-13)20-17-6-4-5-7-19(17)25-15(3)23-24-21(25)18(22-20)12-14(2)26;1-2/h4-11,18H,12H2,1-3H3;1-2H3/t18-;/m0./s1. The molecule has 1 aromatic heterocycles. The van der Waals surface area contributed by atoms with Gasteiger partial charge in [0.2, 0.25) is 0 Å². The molecule has 28 heavy (non-hydrogen) atoms. The normalized spacial score (nSPS) is 14.8. The van der Waals surface area contributed by atoms with Crippen molar-refractivity contribution in [1.29, 1.82) is 0 Å². The number of carbonyl (C=O) groups is 1. The number of aryl methyl sites for hydroxylation is 2. The zero-order valence-electron chi connectivity index (χ0n) is 17.1. The molecule has 4 rings (SSSR count). The first-order valence-electron chi connectivity index (χ1n) is 9.70. The van der Waals surface area contributed by atoms with Crippen LogP contribution < -0.4 is 0 Å². The molecular weight excluding hydrogens is 348 g/mol. The van der Waals surface area contributed by atoms with E-state index in [0.717, 1.165) is 28.4 Å². The number of hydrogen-bond acceptors (Lipinski definition) is 4. The van der Waals surface area contributed by atoms with Gasteiger partial charge in [-0.05, 0) is 26.8 Å². The highest BCUT2D eigenvalue weighted by atomic mass is 16.1. The molecule has 1 atom stereocenters. The van der Waals surface area contributed by atoms with Crippen LogP contribution in [0.5, 0.6) is 0 Å². The summed E-state index contributed by atoms with van der Waals surface area (Å²) in [6.45, 7) is 9.58. The van der Waals surface area contributed by atoms with Crippen LogP contribution in [-0.4, -0.2) is 26.3 Å². The van der Waals surface area contributed by atoms with Crippen molar-refractivity contribution in [3.63, 3.8) is 0 Å². The van der Waals surface area contributed by atoms with E-state index in [4.69, 9.17) is 4.99 Å². The second-order valence-electron chi connectivity index (χ2n) is 6.72. The zero-order valence-corrected chi connectivity index (χ0v) is 17.1. The Morgan fingerprint density at radius 1 is 1.00 bits per heavy atom. The second kappa shape index (κ2) is 8.30. The quantitative estimate of drug-likeness (QED) is 0.663. The summed E-state index contributed by atoms with van der Waals surface area (Å²) < 4.78 is 2.02. The Bertz CT molecular complexity index is 1020. The average molecular weight is 374 g/mol. The zero-order chi connectivity index (χ0) is 20.3. The molecule has 3 aromatic rings. The van der Waals surface area contributed by atoms with Crippen LogP contribution in [0.4, 0.5) is 0 Å². The van der Waals surface area contributed by atoms with Gasteiger partial charge in [-0.2, -0.15) is 0 Å². The number of carbonyl (C=O) groups excluding carboxylic acids is 1. The first-order chi connectivity index (χ1) is 13.5. The summed E-state index contributed by atoms with van der Waals surface area (Å²) in [5.74, 6) is 1.59.